The maximum atomic E-state index is 5.56. The predicted molar refractivity (Wildman–Crippen MR) is 99.5 cm³/mol. The van der Waals surface area contributed by atoms with Gasteiger partial charge in [0.15, 0.2) is 5.11 Å². The van der Waals surface area contributed by atoms with Gasteiger partial charge in [-0.3, -0.25) is 4.68 Å². The molecule has 3 rings (SSSR count). The summed E-state index contributed by atoms with van der Waals surface area (Å²) < 4.78 is 1.98. The number of hydrogen-bond acceptors (Lipinski definition) is 2. The lowest BCUT2D eigenvalue weighted by Crippen LogP contribution is -2.31. The molecule has 1 N–H and O–H groups in total. The minimum atomic E-state index is 0.699. The second-order valence-corrected chi connectivity index (χ2v) is 5.84. The summed E-state index contributed by atoms with van der Waals surface area (Å²) >= 11 is 5.56. The molecule has 23 heavy (non-hydrogen) atoms. The van der Waals surface area contributed by atoms with E-state index in [0.717, 1.165) is 24.5 Å². The second kappa shape index (κ2) is 6.79. The first-order valence-electron chi connectivity index (χ1n) is 7.69. The quantitative estimate of drug-likeness (QED) is 0.738. The van der Waals surface area contributed by atoms with Gasteiger partial charge in [-0.25, -0.2) is 0 Å². The van der Waals surface area contributed by atoms with E-state index in [9.17, 15) is 0 Å². The van der Waals surface area contributed by atoms with E-state index in [0.29, 0.717) is 5.11 Å². The number of benzene rings is 2. The van der Waals surface area contributed by atoms with Crippen molar-refractivity contribution < 1.29 is 0 Å². The number of hydrogen-bond donors (Lipinski definition) is 1. The Balaban J connectivity index is 1.75. The van der Waals surface area contributed by atoms with E-state index in [1.165, 1.54) is 10.8 Å². The van der Waals surface area contributed by atoms with Crippen molar-refractivity contribution in [2.75, 3.05) is 12.4 Å². The molecule has 5 heteroatoms. The van der Waals surface area contributed by atoms with E-state index in [2.05, 4.69) is 41.6 Å². The van der Waals surface area contributed by atoms with E-state index in [1.807, 2.05) is 47.1 Å². The summed E-state index contributed by atoms with van der Waals surface area (Å²) in [7, 11) is 1.99. The molecule has 0 saturated heterocycles. The Hall–Kier alpha value is -2.40. The highest BCUT2D eigenvalue weighted by Crippen LogP contribution is 2.23. The summed E-state index contributed by atoms with van der Waals surface area (Å²) in [6.07, 6.45) is 1.83. The number of rotatable bonds is 4. The fraction of sp³-hybridized carbons (Fsp3) is 0.222. The molecule has 4 nitrogen and oxygen atoms in total. The summed E-state index contributed by atoms with van der Waals surface area (Å²) in [5.74, 6) is 0. The molecule has 0 radical (unpaired) electrons. The van der Waals surface area contributed by atoms with Crippen molar-refractivity contribution in [2.45, 2.75) is 20.0 Å². The van der Waals surface area contributed by atoms with Crippen molar-refractivity contribution in [3.8, 4) is 0 Å². The lowest BCUT2D eigenvalue weighted by molar-refractivity contribution is 0.471. The Kier molecular flexibility index (Phi) is 4.57. The summed E-state index contributed by atoms with van der Waals surface area (Å²) in [5.41, 5.74) is 2.18. The van der Waals surface area contributed by atoms with Crippen LogP contribution in [0.4, 0.5) is 5.69 Å². The zero-order valence-corrected chi connectivity index (χ0v) is 14.2. The van der Waals surface area contributed by atoms with Crippen LogP contribution in [0, 0.1) is 0 Å². The standard InChI is InChI=1S/C18H20N4S/c1-3-22-15(11-12-19-22)13-21(2)18(23)20-17-10-6-8-14-7-4-5-9-16(14)17/h4-12H,3,13H2,1-2H3,(H,20,23). The van der Waals surface area contributed by atoms with E-state index >= 15 is 0 Å². The third kappa shape index (κ3) is 3.35. The van der Waals surface area contributed by atoms with Crippen LogP contribution < -0.4 is 5.32 Å². The highest BCUT2D eigenvalue weighted by molar-refractivity contribution is 7.80. The average molecular weight is 324 g/mol. The van der Waals surface area contributed by atoms with Crippen LogP contribution in [0.1, 0.15) is 12.6 Å². The number of thiocarbonyl (C=S) groups is 1. The van der Waals surface area contributed by atoms with Crippen LogP contribution in [0.5, 0.6) is 0 Å². The Morgan fingerprint density at radius 3 is 2.78 bits per heavy atom. The van der Waals surface area contributed by atoms with Crippen molar-refractivity contribution in [3.05, 3.63) is 60.4 Å². The zero-order valence-electron chi connectivity index (χ0n) is 13.4. The fourth-order valence-electron chi connectivity index (χ4n) is 2.64. The molecule has 118 valence electrons. The van der Waals surface area contributed by atoms with Gasteiger partial charge in [0.05, 0.1) is 12.2 Å². The van der Waals surface area contributed by atoms with E-state index in [4.69, 9.17) is 12.2 Å². The van der Waals surface area contributed by atoms with Crippen LogP contribution in [-0.2, 0) is 13.1 Å². The molecule has 0 saturated carbocycles. The van der Waals surface area contributed by atoms with Gasteiger partial charge in [0.25, 0.3) is 0 Å². The van der Waals surface area contributed by atoms with Crippen LogP contribution in [0.15, 0.2) is 54.7 Å². The largest absolute Gasteiger partial charge is 0.346 e. The molecule has 0 aliphatic heterocycles. The highest BCUT2D eigenvalue weighted by atomic mass is 32.1. The van der Waals surface area contributed by atoms with E-state index in [1.54, 1.807) is 0 Å². The molecule has 0 atom stereocenters. The molecule has 1 aromatic heterocycles. The van der Waals surface area contributed by atoms with E-state index in [-0.39, 0.29) is 0 Å². The molecule has 0 unspecified atom stereocenters. The van der Waals surface area contributed by atoms with Gasteiger partial charge in [-0.05, 0) is 36.7 Å². The number of aromatic nitrogens is 2. The fourth-order valence-corrected chi connectivity index (χ4v) is 2.81. The minimum absolute atomic E-state index is 0.699. The minimum Gasteiger partial charge on any atom is -0.346 e. The monoisotopic (exact) mass is 324 g/mol. The van der Waals surface area contributed by atoms with Gasteiger partial charge in [0.1, 0.15) is 0 Å². The maximum Gasteiger partial charge on any atom is 0.173 e. The van der Waals surface area contributed by atoms with Gasteiger partial charge >= 0.3 is 0 Å². The predicted octanol–water partition coefficient (Wildman–Crippen LogP) is 3.89. The SMILES string of the molecule is CCn1nccc1CN(C)C(=S)Nc1cccc2ccccc12. The van der Waals surface area contributed by atoms with Crippen molar-refractivity contribution in [3.63, 3.8) is 0 Å². The van der Waals surface area contributed by atoms with Crippen LogP contribution in [0.25, 0.3) is 10.8 Å². The van der Waals surface area contributed by atoms with E-state index < -0.39 is 0 Å². The van der Waals surface area contributed by atoms with Gasteiger partial charge in [-0.15, -0.1) is 0 Å². The molecule has 0 aliphatic carbocycles. The highest BCUT2D eigenvalue weighted by Gasteiger charge is 2.10. The van der Waals surface area contributed by atoms with Crippen molar-refractivity contribution >= 4 is 33.8 Å². The third-order valence-corrected chi connectivity index (χ3v) is 4.29. The summed E-state index contributed by atoms with van der Waals surface area (Å²) in [4.78, 5) is 2.03. The van der Waals surface area contributed by atoms with Crippen LogP contribution >= 0.6 is 12.2 Å². The van der Waals surface area contributed by atoms with Crippen molar-refractivity contribution in [1.82, 2.24) is 14.7 Å². The van der Waals surface area contributed by atoms with Crippen LogP contribution in [0.2, 0.25) is 0 Å². The number of anilines is 1. The number of nitrogens with one attached hydrogen (secondary N) is 1. The van der Waals surface area contributed by atoms with Crippen LogP contribution in [0.3, 0.4) is 0 Å². The average Bonchev–Trinajstić information content (AvgIpc) is 3.02. The molecule has 1 heterocycles. The third-order valence-electron chi connectivity index (χ3n) is 3.88. The first kappa shape index (κ1) is 15.5. The number of aryl methyl sites for hydroxylation is 1. The normalized spacial score (nSPS) is 10.7. The molecule has 0 spiro atoms. The molecule has 0 bridgehead atoms. The number of fused-ring (bicyclic) bond motifs is 1. The van der Waals surface area contributed by atoms with Gasteiger partial charge in [0.2, 0.25) is 0 Å². The molecule has 0 aliphatic rings. The molecule has 0 fully saturated rings. The Morgan fingerprint density at radius 2 is 1.96 bits per heavy atom. The maximum absolute atomic E-state index is 5.56. The Morgan fingerprint density at radius 1 is 1.17 bits per heavy atom. The number of nitrogens with zero attached hydrogens (tertiary/aromatic N) is 3. The summed E-state index contributed by atoms with van der Waals surface area (Å²) in [5, 5.41) is 10.7. The first-order valence-corrected chi connectivity index (χ1v) is 8.10. The zero-order chi connectivity index (χ0) is 16.2. The topological polar surface area (TPSA) is 33.1 Å². The summed E-state index contributed by atoms with van der Waals surface area (Å²) in [6, 6.07) is 16.5. The van der Waals surface area contributed by atoms with Gasteiger partial charge in [-0.1, -0.05) is 36.4 Å². The van der Waals surface area contributed by atoms with Crippen molar-refractivity contribution in [1.29, 1.82) is 0 Å². The van der Waals surface area contributed by atoms with Gasteiger partial charge < -0.3 is 10.2 Å². The Bertz CT molecular complexity index is 819. The second-order valence-electron chi connectivity index (χ2n) is 5.45. The smallest absolute Gasteiger partial charge is 0.173 e. The first-order chi connectivity index (χ1) is 11.2. The summed E-state index contributed by atoms with van der Waals surface area (Å²) in [6.45, 7) is 3.67. The molecular weight excluding hydrogens is 304 g/mol. The lowest BCUT2D eigenvalue weighted by Gasteiger charge is -2.22. The van der Waals surface area contributed by atoms with Gasteiger partial charge in [-0.2, -0.15) is 5.10 Å². The van der Waals surface area contributed by atoms with Crippen molar-refractivity contribution in [2.24, 2.45) is 0 Å². The molecule has 3 aromatic rings. The molecular formula is C18H20N4S. The molecule has 2 aromatic carbocycles. The molecule has 0 amide bonds. The Labute approximate surface area is 141 Å². The lowest BCUT2D eigenvalue weighted by atomic mass is 10.1. The van der Waals surface area contributed by atoms with Crippen LogP contribution in [-0.4, -0.2) is 26.8 Å². The van der Waals surface area contributed by atoms with Gasteiger partial charge in [0, 0.05) is 30.9 Å².